The van der Waals surface area contributed by atoms with Crippen molar-refractivity contribution in [2.45, 2.75) is 13.5 Å². The van der Waals surface area contributed by atoms with E-state index in [-0.39, 0.29) is 5.91 Å². The molecular weight excluding hydrogens is 490 g/mol. The molecule has 0 aliphatic rings. The van der Waals surface area contributed by atoms with Crippen LogP contribution in [-0.2, 0) is 6.54 Å². The molecule has 1 N–H and O–H groups in total. The van der Waals surface area contributed by atoms with Crippen LogP contribution in [-0.4, -0.2) is 23.8 Å². The van der Waals surface area contributed by atoms with Crippen molar-refractivity contribution in [2.24, 2.45) is 5.10 Å². The highest BCUT2D eigenvalue weighted by atomic mass is 79.9. The molecule has 32 heavy (non-hydrogen) atoms. The second kappa shape index (κ2) is 9.59. The molecule has 0 unspecified atom stereocenters. The Bertz CT molecular complexity index is 1310. The summed E-state index contributed by atoms with van der Waals surface area (Å²) in [5.41, 5.74) is 7.27. The number of methoxy groups -OCH3 is 1. The monoisotopic (exact) mass is 509 g/mol. The van der Waals surface area contributed by atoms with Crippen molar-refractivity contribution in [2.75, 3.05) is 7.11 Å². The number of hydrogen-bond acceptors (Lipinski definition) is 3. The van der Waals surface area contributed by atoms with Crippen LogP contribution in [0.25, 0.3) is 10.9 Å². The van der Waals surface area contributed by atoms with E-state index in [0.29, 0.717) is 22.9 Å². The van der Waals surface area contributed by atoms with Crippen LogP contribution in [0.2, 0.25) is 5.02 Å². The van der Waals surface area contributed by atoms with E-state index in [1.54, 1.807) is 18.3 Å². The van der Waals surface area contributed by atoms with Gasteiger partial charge in [0.05, 0.1) is 18.9 Å². The predicted octanol–water partition coefficient (Wildman–Crippen LogP) is 6.19. The molecule has 0 aliphatic heterocycles. The normalized spacial score (nSPS) is 11.2. The topological polar surface area (TPSA) is 55.6 Å². The van der Waals surface area contributed by atoms with E-state index in [9.17, 15) is 4.79 Å². The number of aromatic nitrogens is 1. The summed E-state index contributed by atoms with van der Waals surface area (Å²) in [4.78, 5) is 12.6. The van der Waals surface area contributed by atoms with Crippen LogP contribution in [0.5, 0.6) is 5.75 Å². The third-order valence-electron chi connectivity index (χ3n) is 5.30. The van der Waals surface area contributed by atoms with E-state index in [4.69, 9.17) is 16.3 Å². The third-order valence-corrected chi connectivity index (χ3v) is 6.04. The lowest BCUT2D eigenvalue weighted by Crippen LogP contribution is -2.18. The number of rotatable bonds is 6. The summed E-state index contributed by atoms with van der Waals surface area (Å²) in [5, 5.41) is 6.02. The lowest BCUT2D eigenvalue weighted by atomic mass is 10.1. The number of amides is 1. The Morgan fingerprint density at radius 1 is 1.16 bits per heavy atom. The first-order chi connectivity index (χ1) is 15.5. The molecule has 5 nitrogen and oxygen atoms in total. The number of nitrogens with one attached hydrogen (secondary N) is 1. The first-order valence-electron chi connectivity index (χ1n) is 9.97. The molecule has 1 aromatic heterocycles. The molecule has 0 radical (unpaired) electrons. The third kappa shape index (κ3) is 4.56. The Morgan fingerprint density at radius 2 is 1.91 bits per heavy atom. The first kappa shape index (κ1) is 22.1. The Balaban J connectivity index is 1.63. The van der Waals surface area contributed by atoms with E-state index >= 15 is 0 Å². The highest BCUT2D eigenvalue weighted by Crippen LogP contribution is 2.26. The number of nitrogens with zero attached hydrogens (tertiary/aromatic N) is 2. The van der Waals surface area contributed by atoms with E-state index in [0.717, 1.165) is 32.2 Å². The Labute approximate surface area is 199 Å². The van der Waals surface area contributed by atoms with Gasteiger partial charge in [0.1, 0.15) is 5.75 Å². The minimum absolute atomic E-state index is 0.345. The van der Waals surface area contributed by atoms with Gasteiger partial charge >= 0.3 is 0 Å². The highest BCUT2D eigenvalue weighted by molar-refractivity contribution is 9.10. The molecule has 0 fully saturated rings. The molecule has 0 saturated carbocycles. The highest BCUT2D eigenvalue weighted by Gasteiger charge is 2.14. The first-order valence-corrected chi connectivity index (χ1v) is 11.1. The van der Waals surface area contributed by atoms with Gasteiger partial charge < -0.3 is 9.30 Å². The van der Waals surface area contributed by atoms with Crippen LogP contribution in [0.3, 0.4) is 0 Å². The van der Waals surface area contributed by atoms with Crippen LogP contribution < -0.4 is 10.2 Å². The lowest BCUT2D eigenvalue weighted by molar-refractivity contribution is 0.0952. The number of para-hydroxylation sites is 1. The van der Waals surface area contributed by atoms with Crippen molar-refractivity contribution in [1.82, 2.24) is 9.99 Å². The van der Waals surface area contributed by atoms with Crippen molar-refractivity contribution >= 4 is 50.6 Å². The van der Waals surface area contributed by atoms with Gasteiger partial charge in [0.15, 0.2) is 0 Å². The molecule has 4 aromatic rings. The zero-order valence-corrected chi connectivity index (χ0v) is 19.9. The lowest BCUT2D eigenvalue weighted by Gasteiger charge is -2.09. The summed E-state index contributed by atoms with van der Waals surface area (Å²) in [6.07, 6.45) is 1.69. The fourth-order valence-corrected chi connectivity index (χ4v) is 4.16. The van der Waals surface area contributed by atoms with E-state index in [2.05, 4.69) is 50.1 Å². The van der Waals surface area contributed by atoms with Gasteiger partial charge in [0, 0.05) is 38.2 Å². The van der Waals surface area contributed by atoms with Gasteiger partial charge in [0.2, 0.25) is 0 Å². The van der Waals surface area contributed by atoms with Gasteiger partial charge in [0.25, 0.3) is 5.91 Å². The van der Waals surface area contributed by atoms with Gasteiger partial charge in [-0.2, -0.15) is 5.10 Å². The van der Waals surface area contributed by atoms with Crippen LogP contribution in [0.4, 0.5) is 0 Å². The van der Waals surface area contributed by atoms with Crippen molar-refractivity contribution in [3.8, 4) is 5.75 Å². The van der Waals surface area contributed by atoms with Gasteiger partial charge in [-0.3, -0.25) is 4.79 Å². The Hall–Kier alpha value is -3.09. The zero-order valence-electron chi connectivity index (χ0n) is 17.6. The van der Waals surface area contributed by atoms with Crippen LogP contribution in [0, 0.1) is 6.92 Å². The molecule has 0 bridgehead atoms. The van der Waals surface area contributed by atoms with Gasteiger partial charge in [-0.1, -0.05) is 57.9 Å². The van der Waals surface area contributed by atoms with Gasteiger partial charge in [-0.05, 0) is 48.9 Å². The average Bonchev–Trinajstić information content (AvgIpc) is 3.06. The minimum atomic E-state index is -0.345. The summed E-state index contributed by atoms with van der Waals surface area (Å²) in [6.45, 7) is 2.76. The van der Waals surface area contributed by atoms with Crippen LogP contribution in [0.15, 0.2) is 76.3 Å². The number of halogens is 2. The smallest absolute Gasteiger partial charge is 0.275 e. The van der Waals surface area contributed by atoms with E-state index < -0.39 is 0 Å². The van der Waals surface area contributed by atoms with Gasteiger partial charge in [-0.15, -0.1) is 0 Å². The predicted molar refractivity (Wildman–Crippen MR) is 133 cm³/mol. The number of carbonyl (C=O) groups is 1. The number of hydrazone groups is 1. The number of ether oxygens (including phenoxy) is 1. The Kier molecular flexibility index (Phi) is 6.63. The van der Waals surface area contributed by atoms with Crippen molar-refractivity contribution < 1.29 is 9.53 Å². The van der Waals surface area contributed by atoms with Crippen molar-refractivity contribution in [1.29, 1.82) is 0 Å². The second-order valence-electron chi connectivity index (χ2n) is 7.27. The molecule has 4 rings (SSSR count). The summed E-state index contributed by atoms with van der Waals surface area (Å²) in [6, 6.07) is 21.2. The summed E-state index contributed by atoms with van der Waals surface area (Å²) < 4.78 is 8.31. The summed E-state index contributed by atoms with van der Waals surface area (Å²) in [7, 11) is 1.53. The fraction of sp³-hybridized carbons (Fsp3) is 0.120. The molecule has 0 aliphatic carbocycles. The average molecular weight is 511 g/mol. The minimum Gasteiger partial charge on any atom is -0.496 e. The molecule has 162 valence electrons. The van der Waals surface area contributed by atoms with Crippen molar-refractivity contribution in [3.05, 3.63) is 98.6 Å². The molecule has 1 heterocycles. The molecule has 3 aromatic carbocycles. The summed E-state index contributed by atoms with van der Waals surface area (Å²) in [5.74, 6) is 0.138. The maximum absolute atomic E-state index is 12.6. The SMILES string of the molecule is COc1ccc(Br)cc1C(=O)N/N=C\c1c(C)n(Cc2ccc(Cl)cc2)c2ccccc12. The quantitative estimate of drug-likeness (QED) is 0.248. The molecular formula is C25H21BrClN3O2. The van der Waals surface area contributed by atoms with Crippen LogP contribution >= 0.6 is 27.5 Å². The number of fused-ring (bicyclic) bond motifs is 1. The second-order valence-corrected chi connectivity index (χ2v) is 8.62. The summed E-state index contributed by atoms with van der Waals surface area (Å²) >= 11 is 9.42. The molecule has 7 heteroatoms. The van der Waals surface area contributed by atoms with E-state index in [1.807, 2.05) is 42.5 Å². The maximum Gasteiger partial charge on any atom is 0.275 e. The van der Waals surface area contributed by atoms with E-state index in [1.165, 1.54) is 7.11 Å². The molecule has 0 spiro atoms. The van der Waals surface area contributed by atoms with Crippen molar-refractivity contribution in [3.63, 3.8) is 0 Å². The zero-order chi connectivity index (χ0) is 22.7. The molecule has 0 saturated heterocycles. The molecule has 0 atom stereocenters. The standard InChI is InChI=1S/C25H21BrClN3O2/c1-16-22(14-28-29-25(31)21-13-18(26)9-12-24(21)32-2)20-5-3-4-6-23(20)30(16)15-17-7-10-19(27)11-8-17/h3-14H,15H2,1-2H3,(H,29,31)/b28-14-. The fourth-order valence-electron chi connectivity index (χ4n) is 3.67. The maximum atomic E-state index is 12.6. The van der Waals surface area contributed by atoms with Crippen LogP contribution in [0.1, 0.15) is 27.2 Å². The number of carbonyl (C=O) groups excluding carboxylic acids is 1. The number of hydrogen-bond donors (Lipinski definition) is 1. The van der Waals surface area contributed by atoms with Gasteiger partial charge in [-0.25, -0.2) is 5.43 Å². The molecule has 1 amide bonds. The Morgan fingerprint density at radius 3 is 2.66 bits per heavy atom. The largest absolute Gasteiger partial charge is 0.496 e. The number of benzene rings is 3.